The van der Waals surface area contributed by atoms with Crippen LogP contribution in [0.3, 0.4) is 0 Å². The summed E-state index contributed by atoms with van der Waals surface area (Å²) >= 11 is 0. The molecular weight excluding hydrogens is 220 g/mol. The Morgan fingerprint density at radius 1 is 1.28 bits per heavy atom. The van der Waals surface area contributed by atoms with E-state index in [2.05, 4.69) is 44.8 Å². The summed E-state index contributed by atoms with van der Waals surface area (Å²) in [5.74, 6) is 0.761. The Balaban J connectivity index is 1.97. The van der Waals surface area contributed by atoms with Crippen molar-refractivity contribution in [3.63, 3.8) is 0 Å². The molecule has 0 aromatic carbocycles. The summed E-state index contributed by atoms with van der Waals surface area (Å²) in [5.41, 5.74) is 0.886. The maximum atomic E-state index is 3.84. The molecule has 0 radical (unpaired) electrons. The molecule has 2 rings (SSSR count). The molecule has 1 N–H and O–H groups in total. The molecule has 0 aromatic heterocycles. The van der Waals surface area contributed by atoms with E-state index in [0.717, 1.165) is 5.92 Å². The quantitative estimate of drug-likeness (QED) is 0.811. The van der Waals surface area contributed by atoms with Crippen molar-refractivity contribution < 1.29 is 0 Å². The van der Waals surface area contributed by atoms with E-state index in [1.165, 1.54) is 45.3 Å². The van der Waals surface area contributed by atoms with Gasteiger partial charge in [-0.1, -0.05) is 40.5 Å². The maximum Gasteiger partial charge on any atom is 0.0309 e. The highest BCUT2D eigenvalue weighted by atomic mass is 15.3. The lowest BCUT2D eigenvalue weighted by molar-refractivity contribution is 0.0566. The van der Waals surface area contributed by atoms with Crippen molar-refractivity contribution in [1.29, 1.82) is 0 Å². The van der Waals surface area contributed by atoms with Crippen molar-refractivity contribution >= 4 is 0 Å². The number of piperazine rings is 1. The zero-order chi connectivity index (χ0) is 13.4. The van der Waals surface area contributed by atoms with Gasteiger partial charge in [0, 0.05) is 31.2 Å². The Morgan fingerprint density at radius 3 is 2.44 bits per heavy atom. The van der Waals surface area contributed by atoms with Crippen LogP contribution in [-0.2, 0) is 0 Å². The number of rotatable bonds is 2. The summed E-state index contributed by atoms with van der Waals surface area (Å²) in [6, 6.07) is 0.695. The minimum absolute atomic E-state index is 0.424. The van der Waals surface area contributed by atoms with E-state index in [9.17, 15) is 0 Å². The summed E-state index contributed by atoms with van der Waals surface area (Å²) in [5, 5.41) is 3.84. The van der Waals surface area contributed by atoms with Crippen LogP contribution in [0, 0.1) is 11.3 Å². The van der Waals surface area contributed by atoms with Gasteiger partial charge in [0.1, 0.15) is 0 Å². The summed E-state index contributed by atoms with van der Waals surface area (Å²) < 4.78 is 0. The Morgan fingerprint density at radius 2 is 1.89 bits per heavy atom. The van der Waals surface area contributed by atoms with Crippen LogP contribution >= 0.6 is 0 Å². The number of nitrogens with one attached hydrogen (secondary N) is 1. The molecule has 1 saturated heterocycles. The zero-order valence-corrected chi connectivity index (χ0v) is 13.1. The van der Waals surface area contributed by atoms with Crippen molar-refractivity contribution in [2.75, 3.05) is 19.6 Å². The van der Waals surface area contributed by atoms with Crippen molar-refractivity contribution in [1.82, 2.24) is 10.2 Å². The smallest absolute Gasteiger partial charge is 0.0309 e. The Bertz CT molecular complexity index is 273. The van der Waals surface area contributed by atoms with E-state index in [0.29, 0.717) is 17.0 Å². The van der Waals surface area contributed by atoms with Crippen LogP contribution < -0.4 is 5.32 Å². The standard InChI is InChI=1S/C16H32N2/c1-13(15(3,4)5)11-18-12-16(8-6-7-9-16)17-10-14(18)2/h13-14,17H,6-12H2,1-5H3. The third-order valence-electron chi connectivity index (χ3n) is 5.45. The lowest BCUT2D eigenvalue weighted by atomic mass is 9.81. The van der Waals surface area contributed by atoms with E-state index in [1.807, 2.05) is 0 Å². The molecule has 2 nitrogen and oxygen atoms in total. The SMILES string of the molecule is CC1CNC2(CCCC2)CN1CC(C)C(C)(C)C. The van der Waals surface area contributed by atoms with Crippen LogP contribution in [0.2, 0.25) is 0 Å². The normalized spacial score (nSPS) is 30.8. The molecule has 106 valence electrons. The monoisotopic (exact) mass is 252 g/mol. The van der Waals surface area contributed by atoms with Crippen LogP contribution in [0.5, 0.6) is 0 Å². The van der Waals surface area contributed by atoms with E-state index in [-0.39, 0.29) is 0 Å². The molecule has 2 heteroatoms. The van der Waals surface area contributed by atoms with E-state index in [1.54, 1.807) is 0 Å². The molecule has 1 aliphatic heterocycles. The first kappa shape index (κ1) is 14.3. The molecule has 1 spiro atoms. The molecule has 2 atom stereocenters. The van der Waals surface area contributed by atoms with E-state index < -0.39 is 0 Å². The average Bonchev–Trinajstić information content (AvgIpc) is 2.71. The van der Waals surface area contributed by atoms with Gasteiger partial charge >= 0.3 is 0 Å². The molecule has 2 aliphatic rings. The summed E-state index contributed by atoms with van der Waals surface area (Å²) in [4.78, 5) is 2.75. The molecule has 18 heavy (non-hydrogen) atoms. The highest BCUT2D eigenvalue weighted by molar-refractivity contribution is 5.00. The second-order valence-electron chi connectivity index (χ2n) is 7.91. The van der Waals surface area contributed by atoms with Gasteiger partial charge in [0.05, 0.1) is 0 Å². The van der Waals surface area contributed by atoms with Gasteiger partial charge in [0.2, 0.25) is 0 Å². The van der Waals surface area contributed by atoms with Crippen LogP contribution in [0.4, 0.5) is 0 Å². The van der Waals surface area contributed by atoms with Crippen LogP contribution in [-0.4, -0.2) is 36.1 Å². The first-order chi connectivity index (χ1) is 8.32. The molecule has 2 unspecified atom stereocenters. The molecule has 0 amide bonds. The Hall–Kier alpha value is -0.0800. The third-order valence-corrected chi connectivity index (χ3v) is 5.45. The minimum Gasteiger partial charge on any atom is -0.308 e. The summed E-state index contributed by atoms with van der Waals surface area (Å²) in [6.45, 7) is 15.6. The number of hydrogen-bond acceptors (Lipinski definition) is 2. The predicted molar refractivity (Wildman–Crippen MR) is 78.9 cm³/mol. The minimum atomic E-state index is 0.424. The maximum absolute atomic E-state index is 3.84. The average molecular weight is 252 g/mol. The Labute approximate surface area is 114 Å². The van der Waals surface area contributed by atoms with E-state index in [4.69, 9.17) is 0 Å². The largest absolute Gasteiger partial charge is 0.308 e. The van der Waals surface area contributed by atoms with Gasteiger partial charge in [-0.2, -0.15) is 0 Å². The van der Waals surface area contributed by atoms with Crippen LogP contribution in [0.25, 0.3) is 0 Å². The highest BCUT2D eigenvalue weighted by Crippen LogP contribution is 2.34. The molecular formula is C16H32N2. The van der Waals surface area contributed by atoms with Gasteiger partial charge in [0.15, 0.2) is 0 Å². The topological polar surface area (TPSA) is 15.3 Å². The van der Waals surface area contributed by atoms with Gasteiger partial charge in [-0.15, -0.1) is 0 Å². The van der Waals surface area contributed by atoms with Gasteiger partial charge in [0.25, 0.3) is 0 Å². The fourth-order valence-corrected chi connectivity index (χ4v) is 3.35. The number of nitrogens with zero attached hydrogens (tertiary/aromatic N) is 1. The third kappa shape index (κ3) is 3.08. The molecule has 1 aliphatic carbocycles. The molecule has 0 bridgehead atoms. The fraction of sp³-hybridized carbons (Fsp3) is 1.00. The second-order valence-corrected chi connectivity index (χ2v) is 7.91. The zero-order valence-electron chi connectivity index (χ0n) is 13.1. The Kier molecular flexibility index (Phi) is 4.08. The second kappa shape index (κ2) is 5.13. The predicted octanol–water partition coefficient (Wildman–Crippen LogP) is 3.28. The fourth-order valence-electron chi connectivity index (χ4n) is 3.35. The molecule has 2 fully saturated rings. The lowest BCUT2D eigenvalue weighted by Gasteiger charge is -2.47. The number of hydrogen-bond donors (Lipinski definition) is 1. The van der Waals surface area contributed by atoms with Crippen molar-refractivity contribution in [2.24, 2.45) is 11.3 Å². The summed E-state index contributed by atoms with van der Waals surface area (Å²) in [7, 11) is 0. The van der Waals surface area contributed by atoms with Gasteiger partial charge in [-0.25, -0.2) is 0 Å². The highest BCUT2D eigenvalue weighted by Gasteiger charge is 2.40. The first-order valence-electron chi connectivity index (χ1n) is 7.81. The van der Waals surface area contributed by atoms with Gasteiger partial charge in [-0.05, 0) is 31.1 Å². The van der Waals surface area contributed by atoms with Crippen molar-refractivity contribution in [3.8, 4) is 0 Å². The van der Waals surface area contributed by atoms with Gasteiger partial charge in [-0.3, -0.25) is 4.90 Å². The summed E-state index contributed by atoms with van der Waals surface area (Å²) in [6.07, 6.45) is 5.62. The lowest BCUT2D eigenvalue weighted by Crippen LogP contribution is -2.63. The van der Waals surface area contributed by atoms with E-state index >= 15 is 0 Å². The molecule has 0 aromatic rings. The first-order valence-corrected chi connectivity index (χ1v) is 7.81. The van der Waals surface area contributed by atoms with Crippen molar-refractivity contribution in [2.45, 2.75) is 71.9 Å². The van der Waals surface area contributed by atoms with Crippen LogP contribution in [0.15, 0.2) is 0 Å². The molecule has 1 saturated carbocycles. The molecule has 1 heterocycles. The van der Waals surface area contributed by atoms with Crippen LogP contribution in [0.1, 0.15) is 60.3 Å². The van der Waals surface area contributed by atoms with Crippen molar-refractivity contribution in [3.05, 3.63) is 0 Å². The van der Waals surface area contributed by atoms with Gasteiger partial charge < -0.3 is 5.32 Å².